The fraction of sp³-hybridized carbons (Fsp3) is 0.296. The van der Waals surface area contributed by atoms with E-state index in [9.17, 15) is 27.1 Å². The van der Waals surface area contributed by atoms with Crippen LogP contribution in [0.4, 0.5) is 14.5 Å². The second-order valence-electron chi connectivity index (χ2n) is 8.91. The molecule has 0 spiro atoms. The van der Waals surface area contributed by atoms with Crippen LogP contribution >= 0.6 is 0 Å². The van der Waals surface area contributed by atoms with Crippen LogP contribution in [0.25, 0.3) is 11.1 Å². The number of hydrogen-bond acceptors (Lipinski definition) is 5. The highest BCUT2D eigenvalue weighted by Crippen LogP contribution is 2.50. The third-order valence-corrected chi connectivity index (χ3v) is 6.84. The number of alkyl halides is 2. The third kappa shape index (κ3) is 6.19. The van der Waals surface area contributed by atoms with Crippen molar-refractivity contribution >= 4 is 21.7 Å². The number of carboxylic acids is 1. The molecule has 3 aromatic carbocycles. The van der Waals surface area contributed by atoms with Crippen LogP contribution in [0.5, 0.6) is 11.5 Å². The number of fused-ring (bicyclic) bond motifs is 3. The number of aryl methyl sites for hydroxylation is 1. The van der Waals surface area contributed by atoms with E-state index in [4.69, 9.17) is 9.47 Å². The van der Waals surface area contributed by atoms with Gasteiger partial charge in [-0.15, -0.1) is 0 Å². The van der Waals surface area contributed by atoms with Gasteiger partial charge >= 0.3 is 12.6 Å². The van der Waals surface area contributed by atoms with E-state index in [1.165, 1.54) is 6.07 Å². The summed E-state index contributed by atoms with van der Waals surface area (Å²) in [4.78, 5) is 11.4. The zero-order chi connectivity index (χ0) is 26.7. The Labute approximate surface area is 214 Å². The second-order valence-corrected chi connectivity index (χ2v) is 10.7. The summed E-state index contributed by atoms with van der Waals surface area (Å²) in [6.07, 6.45) is 1.93. The molecule has 2 N–H and O–H groups in total. The SMILES string of the molecule is CCC(CCc1cccc(C2Oc3cccc(OC(F)F)c3-c3ccc(NS(C)(=O)=O)cc32)c1)C(=O)O. The van der Waals surface area contributed by atoms with Crippen molar-refractivity contribution in [1.82, 2.24) is 0 Å². The summed E-state index contributed by atoms with van der Waals surface area (Å²) in [6, 6.07) is 17.0. The summed E-state index contributed by atoms with van der Waals surface area (Å²) >= 11 is 0. The van der Waals surface area contributed by atoms with E-state index < -0.39 is 34.6 Å². The van der Waals surface area contributed by atoms with Crippen LogP contribution in [0.2, 0.25) is 0 Å². The number of benzene rings is 3. The van der Waals surface area contributed by atoms with E-state index in [0.29, 0.717) is 47.4 Å². The number of ether oxygens (including phenoxy) is 2. The Balaban J connectivity index is 1.77. The van der Waals surface area contributed by atoms with Gasteiger partial charge in [-0.2, -0.15) is 8.78 Å². The lowest BCUT2D eigenvalue weighted by Gasteiger charge is -2.31. The van der Waals surface area contributed by atoms with Crippen LogP contribution < -0.4 is 14.2 Å². The predicted molar refractivity (Wildman–Crippen MR) is 136 cm³/mol. The standard InChI is InChI=1S/C27H27F2NO6S/c1-3-17(26(31)32)11-10-16-6-4-7-18(14-16)25-21-15-19(30-37(2,33)34)12-13-20(21)24-22(35-25)8-5-9-23(24)36-27(28)29/h4-9,12-15,17,25,27,30H,3,10-11H2,1-2H3,(H,31,32). The molecule has 1 aliphatic rings. The van der Waals surface area contributed by atoms with Gasteiger partial charge in [-0.25, -0.2) is 8.42 Å². The highest BCUT2D eigenvalue weighted by molar-refractivity contribution is 7.92. The topological polar surface area (TPSA) is 102 Å². The van der Waals surface area contributed by atoms with Gasteiger partial charge in [-0.3, -0.25) is 9.52 Å². The fourth-order valence-electron chi connectivity index (χ4n) is 4.55. The molecule has 0 aliphatic carbocycles. The molecule has 1 heterocycles. The molecule has 0 aromatic heterocycles. The first-order valence-corrected chi connectivity index (χ1v) is 13.6. The minimum Gasteiger partial charge on any atom is -0.481 e. The molecule has 37 heavy (non-hydrogen) atoms. The van der Waals surface area contributed by atoms with Gasteiger partial charge in [-0.1, -0.05) is 43.3 Å². The van der Waals surface area contributed by atoms with Gasteiger partial charge in [0.2, 0.25) is 10.0 Å². The Morgan fingerprint density at radius 1 is 1.14 bits per heavy atom. The summed E-state index contributed by atoms with van der Waals surface area (Å²) in [5.41, 5.74) is 3.47. The molecule has 0 saturated heterocycles. The molecule has 7 nitrogen and oxygen atoms in total. The van der Waals surface area contributed by atoms with Crippen molar-refractivity contribution in [3.63, 3.8) is 0 Å². The molecule has 10 heteroatoms. The van der Waals surface area contributed by atoms with Crippen LogP contribution in [0, 0.1) is 5.92 Å². The minimum absolute atomic E-state index is 0.0518. The summed E-state index contributed by atoms with van der Waals surface area (Å²) < 4.78 is 63.5. The summed E-state index contributed by atoms with van der Waals surface area (Å²) in [5.74, 6) is -0.974. The monoisotopic (exact) mass is 531 g/mol. The minimum atomic E-state index is -3.56. The van der Waals surface area contributed by atoms with Crippen molar-refractivity contribution in [2.75, 3.05) is 11.0 Å². The average Bonchev–Trinajstić information content (AvgIpc) is 2.82. The molecule has 0 amide bonds. The number of carboxylic acid groups (broad SMARTS) is 1. The van der Waals surface area contributed by atoms with E-state index in [2.05, 4.69) is 4.72 Å². The smallest absolute Gasteiger partial charge is 0.387 e. The van der Waals surface area contributed by atoms with E-state index in [0.717, 1.165) is 17.4 Å². The first-order valence-electron chi connectivity index (χ1n) is 11.7. The lowest BCUT2D eigenvalue weighted by molar-refractivity contribution is -0.142. The number of rotatable bonds is 10. The lowest BCUT2D eigenvalue weighted by Crippen LogP contribution is -2.18. The lowest BCUT2D eigenvalue weighted by atomic mass is 9.88. The van der Waals surface area contributed by atoms with Crippen molar-refractivity contribution in [3.8, 4) is 22.6 Å². The molecule has 0 fully saturated rings. The second kappa shape index (κ2) is 10.8. The number of anilines is 1. The van der Waals surface area contributed by atoms with Gasteiger partial charge in [0, 0.05) is 11.3 Å². The van der Waals surface area contributed by atoms with Crippen molar-refractivity contribution in [2.24, 2.45) is 5.92 Å². The Morgan fingerprint density at radius 2 is 1.89 bits per heavy atom. The summed E-state index contributed by atoms with van der Waals surface area (Å²) in [7, 11) is -3.56. The predicted octanol–water partition coefficient (Wildman–Crippen LogP) is 5.85. The maximum absolute atomic E-state index is 13.1. The van der Waals surface area contributed by atoms with Crippen LogP contribution in [0.15, 0.2) is 60.7 Å². The summed E-state index contributed by atoms with van der Waals surface area (Å²) in [5, 5.41) is 9.37. The Kier molecular flexibility index (Phi) is 7.68. The number of hydrogen-bond donors (Lipinski definition) is 2. The normalized spacial score (nSPS) is 15.3. The first-order chi connectivity index (χ1) is 17.6. The van der Waals surface area contributed by atoms with Crippen LogP contribution in [0.1, 0.15) is 42.6 Å². The molecule has 0 radical (unpaired) electrons. The van der Waals surface area contributed by atoms with Gasteiger partial charge in [0.05, 0.1) is 17.7 Å². The van der Waals surface area contributed by atoms with E-state index in [1.54, 1.807) is 30.3 Å². The molecule has 3 aromatic rings. The number of sulfonamides is 1. The van der Waals surface area contributed by atoms with Crippen molar-refractivity contribution in [2.45, 2.75) is 38.9 Å². The third-order valence-electron chi connectivity index (χ3n) is 6.23. The molecule has 196 valence electrons. The van der Waals surface area contributed by atoms with E-state index in [-0.39, 0.29) is 5.75 Å². The first kappa shape index (κ1) is 26.4. The molecular formula is C27H27F2NO6S. The zero-order valence-corrected chi connectivity index (χ0v) is 21.1. The molecule has 0 saturated carbocycles. The number of carbonyl (C=O) groups is 1. The van der Waals surface area contributed by atoms with Gasteiger partial charge in [0.1, 0.15) is 17.6 Å². The van der Waals surface area contributed by atoms with Gasteiger partial charge in [0.15, 0.2) is 0 Å². The van der Waals surface area contributed by atoms with Gasteiger partial charge in [0.25, 0.3) is 0 Å². The van der Waals surface area contributed by atoms with E-state index >= 15 is 0 Å². The van der Waals surface area contributed by atoms with Crippen LogP contribution in [-0.4, -0.2) is 32.4 Å². The van der Waals surface area contributed by atoms with E-state index in [1.807, 2.05) is 31.2 Å². The Morgan fingerprint density at radius 3 is 2.57 bits per heavy atom. The highest BCUT2D eigenvalue weighted by Gasteiger charge is 2.31. The molecule has 4 rings (SSSR count). The zero-order valence-electron chi connectivity index (χ0n) is 20.3. The highest BCUT2D eigenvalue weighted by atomic mass is 32.2. The molecule has 2 unspecified atom stereocenters. The number of nitrogens with one attached hydrogen (secondary N) is 1. The largest absolute Gasteiger partial charge is 0.481 e. The van der Waals surface area contributed by atoms with Gasteiger partial charge < -0.3 is 14.6 Å². The average molecular weight is 532 g/mol. The van der Waals surface area contributed by atoms with Crippen LogP contribution in [0.3, 0.4) is 0 Å². The fourth-order valence-corrected chi connectivity index (χ4v) is 5.10. The molecule has 2 atom stereocenters. The van der Waals surface area contributed by atoms with Gasteiger partial charge in [-0.05, 0) is 60.2 Å². The quantitative estimate of drug-likeness (QED) is 0.340. The maximum Gasteiger partial charge on any atom is 0.387 e. The maximum atomic E-state index is 13.1. The molecular weight excluding hydrogens is 504 g/mol. The number of halogens is 2. The molecule has 0 bridgehead atoms. The molecule has 1 aliphatic heterocycles. The summed E-state index contributed by atoms with van der Waals surface area (Å²) in [6.45, 7) is -1.19. The Hall–Kier alpha value is -3.66. The Bertz CT molecular complexity index is 1410. The van der Waals surface area contributed by atoms with Crippen molar-refractivity contribution < 1.29 is 36.6 Å². The van der Waals surface area contributed by atoms with Crippen molar-refractivity contribution in [3.05, 3.63) is 77.4 Å². The van der Waals surface area contributed by atoms with Crippen molar-refractivity contribution in [1.29, 1.82) is 0 Å². The number of aliphatic carboxylic acids is 1. The van der Waals surface area contributed by atoms with Crippen LogP contribution in [-0.2, 0) is 21.2 Å².